The molecule has 0 saturated carbocycles. The highest BCUT2D eigenvalue weighted by Gasteiger charge is 2.35. The molecule has 1 amide bonds. The molecule has 2 rings (SSSR count). The molecule has 6 heteroatoms. The number of methoxy groups -OCH3 is 1. The predicted molar refractivity (Wildman–Crippen MR) is 79.7 cm³/mol. The number of halogens is 1. The Hall–Kier alpha value is -1.75. The second-order valence-electron chi connectivity index (χ2n) is 5.21. The van der Waals surface area contributed by atoms with Crippen LogP contribution >= 0.6 is 11.6 Å². The molecule has 5 nitrogen and oxygen atoms in total. The Morgan fingerprint density at radius 3 is 2.71 bits per heavy atom. The van der Waals surface area contributed by atoms with Gasteiger partial charge in [-0.2, -0.15) is 0 Å². The molecule has 1 heterocycles. The summed E-state index contributed by atoms with van der Waals surface area (Å²) in [5.41, 5.74) is 0.660. The molecule has 0 aromatic heterocycles. The number of amides is 1. The summed E-state index contributed by atoms with van der Waals surface area (Å²) in [6.07, 6.45) is 0.180. The van der Waals surface area contributed by atoms with Crippen molar-refractivity contribution < 1.29 is 19.1 Å². The van der Waals surface area contributed by atoms with Crippen molar-refractivity contribution in [2.24, 2.45) is 5.92 Å². The first-order valence-corrected chi connectivity index (χ1v) is 7.14. The highest BCUT2D eigenvalue weighted by Crippen LogP contribution is 2.33. The highest BCUT2D eigenvalue weighted by molar-refractivity contribution is 6.32. The van der Waals surface area contributed by atoms with E-state index < -0.39 is 5.92 Å². The van der Waals surface area contributed by atoms with Gasteiger partial charge >= 0.3 is 5.97 Å². The smallest absolute Gasteiger partial charge is 0.311 e. The second-order valence-corrected chi connectivity index (χ2v) is 5.62. The first-order chi connectivity index (χ1) is 9.92. The Bertz CT molecular complexity index is 559. The van der Waals surface area contributed by atoms with Gasteiger partial charge in [-0.3, -0.25) is 9.59 Å². The Morgan fingerprint density at radius 1 is 1.43 bits per heavy atom. The van der Waals surface area contributed by atoms with E-state index in [4.69, 9.17) is 16.3 Å². The average molecular weight is 312 g/mol. The minimum Gasteiger partial charge on any atom is -0.489 e. The Labute approximate surface area is 128 Å². The molecule has 1 aliphatic heterocycles. The van der Waals surface area contributed by atoms with E-state index >= 15 is 0 Å². The van der Waals surface area contributed by atoms with Gasteiger partial charge in [-0.1, -0.05) is 11.6 Å². The molecule has 1 aromatic rings. The second kappa shape index (κ2) is 6.35. The van der Waals surface area contributed by atoms with Gasteiger partial charge in [-0.25, -0.2) is 0 Å². The predicted octanol–water partition coefficient (Wildman–Crippen LogP) is 2.65. The molecule has 1 aliphatic rings. The molecule has 0 N–H and O–H groups in total. The molecule has 0 spiro atoms. The van der Waals surface area contributed by atoms with Crippen LogP contribution in [0.1, 0.15) is 20.3 Å². The van der Waals surface area contributed by atoms with Gasteiger partial charge in [-0.15, -0.1) is 0 Å². The number of nitrogens with zero attached hydrogens (tertiary/aromatic N) is 1. The molecule has 0 aliphatic carbocycles. The van der Waals surface area contributed by atoms with Crippen LogP contribution in [0.2, 0.25) is 5.02 Å². The number of carbonyl (C=O) groups is 2. The van der Waals surface area contributed by atoms with Crippen LogP contribution in [0, 0.1) is 5.92 Å². The minimum absolute atomic E-state index is 0.0190. The van der Waals surface area contributed by atoms with Gasteiger partial charge in [0.15, 0.2) is 0 Å². The van der Waals surface area contributed by atoms with E-state index in [0.717, 1.165) is 0 Å². The standard InChI is InChI=1S/C15H18ClNO4/c1-9(2)21-13-5-4-11(7-12(13)16)17-8-10(6-14(17)18)15(19)20-3/h4-5,7,9-10H,6,8H2,1-3H3. The quantitative estimate of drug-likeness (QED) is 0.802. The van der Waals surface area contributed by atoms with Crippen LogP contribution in [0.4, 0.5) is 5.69 Å². The third-order valence-corrected chi connectivity index (χ3v) is 3.54. The van der Waals surface area contributed by atoms with Crippen LogP contribution in [0.25, 0.3) is 0 Å². The number of carbonyl (C=O) groups excluding carboxylic acids is 2. The number of rotatable bonds is 4. The topological polar surface area (TPSA) is 55.8 Å². The number of benzene rings is 1. The van der Waals surface area contributed by atoms with E-state index in [-0.39, 0.29) is 24.4 Å². The normalized spacial score (nSPS) is 18.2. The van der Waals surface area contributed by atoms with Crippen LogP contribution in [-0.4, -0.2) is 31.6 Å². The summed E-state index contributed by atoms with van der Waals surface area (Å²) in [6.45, 7) is 4.14. The van der Waals surface area contributed by atoms with E-state index in [1.165, 1.54) is 7.11 Å². The van der Waals surface area contributed by atoms with Gasteiger partial charge < -0.3 is 14.4 Å². The molecule has 1 unspecified atom stereocenters. The number of anilines is 1. The monoisotopic (exact) mass is 311 g/mol. The Balaban J connectivity index is 2.17. The zero-order chi connectivity index (χ0) is 15.6. The van der Waals surface area contributed by atoms with E-state index in [1.807, 2.05) is 13.8 Å². The van der Waals surface area contributed by atoms with Crippen LogP contribution in [0.15, 0.2) is 18.2 Å². The summed E-state index contributed by atoms with van der Waals surface area (Å²) in [5, 5.41) is 0.440. The highest BCUT2D eigenvalue weighted by atomic mass is 35.5. The zero-order valence-electron chi connectivity index (χ0n) is 12.3. The van der Waals surface area contributed by atoms with Crippen LogP contribution in [-0.2, 0) is 14.3 Å². The van der Waals surface area contributed by atoms with Crippen molar-refractivity contribution in [3.8, 4) is 5.75 Å². The summed E-state index contributed by atoms with van der Waals surface area (Å²) < 4.78 is 10.2. The molecular formula is C15H18ClNO4. The summed E-state index contributed by atoms with van der Waals surface area (Å²) >= 11 is 6.17. The maximum absolute atomic E-state index is 12.0. The van der Waals surface area contributed by atoms with Crippen molar-refractivity contribution >= 4 is 29.2 Å². The number of esters is 1. The zero-order valence-corrected chi connectivity index (χ0v) is 13.0. The van der Waals surface area contributed by atoms with Crippen molar-refractivity contribution in [3.05, 3.63) is 23.2 Å². The largest absolute Gasteiger partial charge is 0.489 e. The SMILES string of the molecule is COC(=O)C1CC(=O)N(c2ccc(OC(C)C)c(Cl)c2)C1. The molecule has 0 bridgehead atoms. The van der Waals surface area contributed by atoms with Crippen molar-refractivity contribution in [1.29, 1.82) is 0 Å². The Morgan fingerprint density at radius 2 is 2.14 bits per heavy atom. The van der Waals surface area contributed by atoms with Crippen LogP contribution in [0.3, 0.4) is 0 Å². The average Bonchev–Trinajstić information content (AvgIpc) is 2.82. The minimum atomic E-state index is -0.423. The van der Waals surface area contributed by atoms with E-state index in [2.05, 4.69) is 4.74 Å². The van der Waals surface area contributed by atoms with E-state index in [1.54, 1.807) is 23.1 Å². The molecule has 1 atom stereocenters. The molecular weight excluding hydrogens is 294 g/mol. The summed E-state index contributed by atoms with van der Waals surface area (Å²) in [5.74, 6) is -0.324. The van der Waals surface area contributed by atoms with Gasteiger partial charge in [0.05, 0.1) is 24.2 Å². The lowest BCUT2D eigenvalue weighted by molar-refractivity contribution is -0.145. The van der Waals surface area contributed by atoms with E-state index in [0.29, 0.717) is 23.0 Å². The van der Waals surface area contributed by atoms with Gasteiger partial charge in [-0.05, 0) is 32.0 Å². The molecule has 1 fully saturated rings. The summed E-state index contributed by atoms with van der Waals surface area (Å²) in [7, 11) is 1.32. The molecule has 1 aromatic carbocycles. The fourth-order valence-corrected chi connectivity index (χ4v) is 2.51. The molecule has 1 saturated heterocycles. The fraction of sp³-hybridized carbons (Fsp3) is 0.467. The van der Waals surface area contributed by atoms with Crippen molar-refractivity contribution in [2.75, 3.05) is 18.6 Å². The van der Waals surface area contributed by atoms with Crippen LogP contribution in [0.5, 0.6) is 5.75 Å². The summed E-state index contributed by atoms with van der Waals surface area (Å²) in [6, 6.07) is 5.17. The maximum atomic E-state index is 12.0. The number of hydrogen-bond donors (Lipinski definition) is 0. The maximum Gasteiger partial charge on any atom is 0.311 e. The van der Waals surface area contributed by atoms with Crippen molar-refractivity contribution in [1.82, 2.24) is 0 Å². The lowest BCUT2D eigenvalue weighted by atomic mass is 10.1. The lowest BCUT2D eigenvalue weighted by Gasteiger charge is -2.18. The van der Waals surface area contributed by atoms with Gasteiger partial charge in [0, 0.05) is 18.7 Å². The van der Waals surface area contributed by atoms with Crippen LogP contribution < -0.4 is 9.64 Å². The first kappa shape index (κ1) is 15.6. The molecule has 0 radical (unpaired) electrons. The van der Waals surface area contributed by atoms with Gasteiger partial charge in [0.25, 0.3) is 0 Å². The summed E-state index contributed by atoms with van der Waals surface area (Å²) in [4.78, 5) is 25.1. The number of ether oxygens (including phenoxy) is 2. The van der Waals surface area contributed by atoms with Crippen molar-refractivity contribution in [3.63, 3.8) is 0 Å². The molecule has 21 heavy (non-hydrogen) atoms. The fourth-order valence-electron chi connectivity index (χ4n) is 2.29. The van der Waals surface area contributed by atoms with Crippen molar-refractivity contribution in [2.45, 2.75) is 26.4 Å². The van der Waals surface area contributed by atoms with E-state index in [9.17, 15) is 9.59 Å². The third kappa shape index (κ3) is 3.47. The van der Waals surface area contributed by atoms with Gasteiger partial charge in [0.2, 0.25) is 5.91 Å². The molecule has 114 valence electrons. The Kier molecular flexibility index (Phi) is 4.73. The number of hydrogen-bond acceptors (Lipinski definition) is 4. The first-order valence-electron chi connectivity index (χ1n) is 6.76. The van der Waals surface area contributed by atoms with Gasteiger partial charge in [0.1, 0.15) is 5.75 Å². The lowest BCUT2D eigenvalue weighted by Crippen LogP contribution is -2.26. The third-order valence-electron chi connectivity index (χ3n) is 3.25.